The Hall–Kier alpha value is -2.66. The van der Waals surface area contributed by atoms with Gasteiger partial charge in [-0.25, -0.2) is 0 Å². The summed E-state index contributed by atoms with van der Waals surface area (Å²) in [6.07, 6.45) is 3.56. The zero-order valence-electron chi connectivity index (χ0n) is 11.5. The van der Waals surface area contributed by atoms with E-state index in [-0.39, 0.29) is 0 Å². The van der Waals surface area contributed by atoms with Gasteiger partial charge in [0.1, 0.15) is 12.3 Å². The van der Waals surface area contributed by atoms with Crippen LogP contribution in [0.4, 0.5) is 0 Å². The maximum absolute atomic E-state index is 5.44. The summed E-state index contributed by atoms with van der Waals surface area (Å²) in [5, 5.41) is 5.32. The second-order valence-corrected chi connectivity index (χ2v) is 4.57. The first kappa shape index (κ1) is 13.3. The predicted molar refractivity (Wildman–Crippen MR) is 83.2 cm³/mol. The van der Waals surface area contributed by atoms with Crippen LogP contribution in [-0.4, -0.2) is 28.8 Å². The summed E-state index contributed by atoms with van der Waals surface area (Å²) < 4.78 is 0. The highest BCUT2D eigenvalue weighted by Crippen LogP contribution is 2.17. The van der Waals surface area contributed by atoms with Gasteiger partial charge in [0.2, 0.25) is 0 Å². The second kappa shape index (κ2) is 6.19. The SMILES string of the molecule is NCCO/N=C(\c1ccccc1)c1cc2ccncc2[nH]1. The molecule has 0 aliphatic carbocycles. The summed E-state index contributed by atoms with van der Waals surface area (Å²) in [5.74, 6) is 0. The third-order valence-corrected chi connectivity index (χ3v) is 3.09. The van der Waals surface area contributed by atoms with Crippen LogP contribution in [0, 0.1) is 0 Å². The highest BCUT2D eigenvalue weighted by atomic mass is 16.6. The number of aromatic amines is 1. The van der Waals surface area contributed by atoms with Crippen molar-refractivity contribution in [2.24, 2.45) is 10.9 Å². The third kappa shape index (κ3) is 2.93. The van der Waals surface area contributed by atoms with Crippen molar-refractivity contribution in [1.82, 2.24) is 9.97 Å². The molecule has 3 N–H and O–H groups in total. The second-order valence-electron chi connectivity index (χ2n) is 4.57. The minimum atomic E-state index is 0.387. The average Bonchev–Trinajstić information content (AvgIpc) is 2.96. The van der Waals surface area contributed by atoms with E-state index < -0.39 is 0 Å². The molecule has 0 spiro atoms. The molecule has 2 heterocycles. The first-order valence-corrected chi connectivity index (χ1v) is 6.77. The van der Waals surface area contributed by atoms with E-state index in [1.165, 1.54) is 0 Å². The number of pyridine rings is 1. The lowest BCUT2D eigenvalue weighted by Crippen LogP contribution is -2.09. The van der Waals surface area contributed by atoms with E-state index in [1.54, 1.807) is 12.4 Å². The minimum Gasteiger partial charge on any atom is -0.394 e. The summed E-state index contributed by atoms with van der Waals surface area (Å²) >= 11 is 0. The summed E-state index contributed by atoms with van der Waals surface area (Å²) in [4.78, 5) is 12.7. The number of fused-ring (bicyclic) bond motifs is 1. The Balaban J connectivity index is 2.04. The van der Waals surface area contributed by atoms with Gasteiger partial charge in [-0.2, -0.15) is 0 Å². The first-order chi connectivity index (χ1) is 10.4. The summed E-state index contributed by atoms with van der Waals surface area (Å²) in [7, 11) is 0. The molecule has 0 aliphatic heterocycles. The fraction of sp³-hybridized carbons (Fsp3) is 0.125. The largest absolute Gasteiger partial charge is 0.394 e. The molecule has 3 aromatic rings. The molecule has 0 unspecified atom stereocenters. The molecule has 2 aromatic heterocycles. The van der Waals surface area contributed by atoms with E-state index in [1.807, 2.05) is 42.5 Å². The molecule has 106 valence electrons. The van der Waals surface area contributed by atoms with E-state index >= 15 is 0 Å². The number of hydrogen-bond acceptors (Lipinski definition) is 4. The van der Waals surface area contributed by atoms with Gasteiger partial charge in [-0.3, -0.25) is 4.98 Å². The van der Waals surface area contributed by atoms with Crippen LogP contribution in [0.3, 0.4) is 0 Å². The molecule has 0 saturated heterocycles. The number of nitrogens with two attached hydrogens (primary N) is 1. The number of benzene rings is 1. The Morgan fingerprint density at radius 2 is 2.10 bits per heavy atom. The van der Waals surface area contributed by atoms with Crippen molar-refractivity contribution in [2.45, 2.75) is 0 Å². The highest BCUT2D eigenvalue weighted by Gasteiger charge is 2.11. The zero-order chi connectivity index (χ0) is 14.5. The van der Waals surface area contributed by atoms with Crippen LogP contribution < -0.4 is 5.73 Å². The lowest BCUT2D eigenvalue weighted by molar-refractivity contribution is 0.152. The van der Waals surface area contributed by atoms with E-state index in [0.717, 1.165) is 27.9 Å². The van der Waals surface area contributed by atoms with Crippen LogP contribution in [0.25, 0.3) is 10.9 Å². The molecular formula is C16H16N4O. The summed E-state index contributed by atoms with van der Waals surface area (Å²) in [6, 6.07) is 13.9. The lowest BCUT2D eigenvalue weighted by Gasteiger charge is -2.05. The first-order valence-electron chi connectivity index (χ1n) is 6.77. The van der Waals surface area contributed by atoms with Crippen molar-refractivity contribution in [3.05, 3.63) is 66.1 Å². The number of hydrogen-bond donors (Lipinski definition) is 2. The van der Waals surface area contributed by atoms with E-state index in [0.29, 0.717) is 13.2 Å². The van der Waals surface area contributed by atoms with Crippen molar-refractivity contribution in [1.29, 1.82) is 0 Å². The van der Waals surface area contributed by atoms with Crippen LogP contribution >= 0.6 is 0 Å². The number of nitrogens with one attached hydrogen (secondary N) is 1. The molecule has 0 fully saturated rings. The van der Waals surface area contributed by atoms with Crippen LogP contribution in [0.15, 0.2) is 60.0 Å². The van der Waals surface area contributed by atoms with Crippen LogP contribution in [0.5, 0.6) is 0 Å². The topological polar surface area (TPSA) is 76.3 Å². The fourth-order valence-corrected chi connectivity index (χ4v) is 2.12. The molecule has 0 radical (unpaired) electrons. The van der Waals surface area contributed by atoms with Gasteiger partial charge in [0, 0.05) is 23.7 Å². The maximum atomic E-state index is 5.44. The maximum Gasteiger partial charge on any atom is 0.133 e. The normalized spacial score (nSPS) is 11.8. The quantitative estimate of drug-likeness (QED) is 0.427. The standard InChI is InChI=1S/C16H16N4O/c17-7-9-21-20-16(12-4-2-1-3-5-12)14-10-13-6-8-18-11-15(13)19-14/h1-6,8,10-11,19H,7,9,17H2/b20-16+. The molecule has 21 heavy (non-hydrogen) atoms. The lowest BCUT2D eigenvalue weighted by atomic mass is 10.1. The molecule has 5 heteroatoms. The Morgan fingerprint density at radius 1 is 1.24 bits per heavy atom. The Morgan fingerprint density at radius 3 is 2.86 bits per heavy atom. The molecule has 0 saturated carbocycles. The van der Waals surface area contributed by atoms with Crippen molar-refractivity contribution < 1.29 is 4.84 Å². The number of H-pyrrole nitrogens is 1. The predicted octanol–water partition coefficient (Wildman–Crippen LogP) is 2.29. The number of rotatable bonds is 5. The third-order valence-electron chi connectivity index (χ3n) is 3.09. The van der Waals surface area contributed by atoms with E-state index in [2.05, 4.69) is 15.1 Å². The summed E-state index contributed by atoms with van der Waals surface area (Å²) in [5.41, 5.74) is 9.03. The monoisotopic (exact) mass is 280 g/mol. The molecule has 0 amide bonds. The van der Waals surface area contributed by atoms with Crippen molar-refractivity contribution >= 4 is 16.6 Å². The van der Waals surface area contributed by atoms with Gasteiger partial charge in [0.15, 0.2) is 0 Å². The van der Waals surface area contributed by atoms with Gasteiger partial charge in [0.05, 0.1) is 17.4 Å². The summed E-state index contributed by atoms with van der Waals surface area (Å²) in [6.45, 7) is 0.820. The van der Waals surface area contributed by atoms with Crippen LogP contribution in [-0.2, 0) is 4.84 Å². The van der Waals surface area contributed by atoms with Crippen LogP contribution in [0.1, 0.15) is 11.3 Å². The molecule has 0 atom stereocenters. The number of aromatic nitrogens is 2. The Bertz CT molecular complexity index is 716. The van der Waals surface area contributed by atoms with Crippen molar-refractivity contribution in [3.8, 4) is 0 Å². The van der Waals surface area contributed by atoms with Gasteiger partial charge in [-0.1, -0.05) is 35.5 Å². The molecular weight excluding hydrogens is 264 g/mol. The van der Waals surface area contributed by atoms with Crippen molar-refractivity contribution in [2.75, 3.05) is 13.2 Å². The fourth-order valence-electron chi connectivity index (χ4n) is 2.12. The molecule has 0 aliphatic rings. The zero-order valence-corrected chi connectivity index (χ0v) is 11.5. The Labute approximate surface area is 122 Å². The van der Waals surface area contributed by atoms with Crippen molar-refractivity contribution in [3.63, 3.8) is 0 Å². The molecule has 1 aromatic carbocycles. The van der Waals surface area contributed by atoms with Gasteiger partial charge in [0.25, 0.3) is 0 Å². The van der Waals surface area contributed by atoms with E-state index in [4.69, 9.17) is 10.6 Å². The van der Waals surface area contributed by atoms with Gasteiger partial charge in [-0.15, -0.1) is 0 Å². The average molecular weight is 280 g/mol. The molecule has 3 rings (SSSR count). The van der Waals surface area contributed by atoms with E-state index in [9.17, 15) is 0 Å². The molecule has 0 bridgehead atoms. The Kier molecular flexibility index (Phi) is 3.93. The minimum absolute atomic E-state index is 0.387. The number of nitrogens with zero attached hydrogens (tertiary/aromatic N) is 2. The van der Waals surface area contributed by atoms with Gasteiger partial charge < -0.3 is 15.6 Å². The smallest absolute Gasteiger partial charge is 0.133 e. The number of oxime groups is 1. The highest BCUT2D eigenvalue weighted by molar-refractivity contribution is 6.13. The van der Waals surface area contributed by atoms with Gasteiger partial charge in [-0.05, 0) is 12.1 Å². The molecule has 5 nitrogen and oxygen atoms in total. The van der Waals surface area contributed by atoms with Crippen LogP contribution in [0.2, 0.25) is 0 Å². The van der Waals surface area contributed by atoms with Gasteiger partial charge >= 0.3 is 0 Å².